The number of carbonyl (C=O) groups is 1. The first-order chi connectivity index (χ1) is 8.17. The summed E-state index contributed by atoms with van der Waals surface area (Å²) in [6.45, 7) is 2.72. The monoisotopic (exact) mass is 302 g/mol. The zero-order valence-corrected chi connectivity index (χ0v) is 11.3. The number of hydrogen-bond donors (Lipinski definition) is 1. The number of halogens is 2. The summed E-state index contributed by atoms with van der Waals surface area (Å²) in [5, 5.41) is 3.74. The molecule has 0 saturated heterocycles. The molecule has 0 aromatic carbocycles. The average Bonchev–Trinajstić information content (AvgIpc) is 2.35. The highest BCUT2D eigenvalue weighted by Crippen LogP contribution is 2.08. The minimum Gasteiger partial charge on any atom is -0.350 e. The molecule has 17 heavy (non-hydrogen) atoms. The standard InChI is InChI=1S/C12H16BrFN2O/c1-2-9(5-6-13)7-16-12(17)11-4-3-10(14)8-15-11/h3-4,8-9H,2,5-7H2,1H3,(H,16,17). The molecule has 0 bridgehead atoms. The molecule has 1 N–H and O–H groups in total. The van der Waals surface area contributed by atoms with E-state index >= 15 is 0 Å². The Balaban J connectivity index is 2.46. The molecule has 94 valence electrons. The van der Waals surface area contributed by atoms with E-state index in [1.54, 1.807) is 0 Å². The van der Waals surface area contributed by atoms with Crippen molar-refractivity contribution in [1.29, 1.82) is 0 Å². The number of nitrogens with zero attached hydrogens (tertiary/aromatic N) is 1. The molecule has 5 heteroatoms. The van der Waals surface area contributed by atoms with Crippen LogP contribution in [0.5, 0.6) is 0 Å². The fraction of sp³-hybridized carbons (Fsp3) is 0.500. The highest BCUT2D eigenvalue weighted by molar-refractivity contribution is 9.09. The molecule has 0 radical (unpaired) electrons. The second kappa shape index (κ2) is 7.37. The van der Waals surface area contributed by atoms with Crippen molar-refractivity contribution < 1.29 is 9.18 Å². The summed E-state index contributed by atoms with van der Waals surface area (Å²) in [5.41, 5.74) is 0.250. The molecule has 0 aliphatic heterocycles. The highest BCUT2D eigenvalue weighted by atomic mass is 79.9. The minimum atomic E-state index is -0.438. The Labute approximate surface area is 109 Å². The molecule has 1 aromatic rings. The first-order valence-corrected chi connectivity index (χ1v) is 6.75. The van der Waals surface area contributed by atoms with Crippen molar-refractivity contribution >= 4 is 21.8 Å². The number of amides is 1. The van der Waals surface area contributed by atoms with E-state index in [1.807, 2.05) is 0 Å². The van der Waals surface area contributed by atoms with Crippen molar-refractivity contribution in [2.24, 2.45) is 5.92 Å². The van der Waals surface area contributed by atoms with Crippen LogP contribution in [0.3, 0.4) is 0 Å². The van der Waals surface area contributed by atoms with Gasteiger partial charge < -0.3 is 5.32 Å². The molecular formula is C12H16BrFN2O. The van der Waals surface area contributed by atoms with Crippen molar-refractivity contribution in [2.75, 3.05) is 11.9 Å². The largest absolute Gasteiger partial charge is 0.350 e. The lowest BCUT2D eigenvalue weighted by Crippen LogP contribution is -2.29. The van der Waals surface area contributed by atoms with E-state index in [1.165, 1.54) is 12.1 Å². The van der Waals surface area contributed by atoms with Crippen LogP contribution in [0.4, 0.5) is 4.39 Å². The van der Waals surface area contributed by atoms with Gasteiger partial charge in [-0.25, -0.2) is 9.37 Å². The van der Waals surface area contributed by atoms with Gasteiger partial charge >= 0.3 is 0 Å². The summed E-state index contributed by atoms with van der Waals surface area (Å²) in [5.74, 6) is -0.232. The van der Waals surface area contributed by atoms with E-state index in [-0.39, 0.29) is 11.6 Å². The Morgan fingerprint density at radius 1 is 1.59 bits per heavy atom. The van der Waals surface area contributed by atoms with Crippen molar-refractivity contribution in [3.63, 3.8) is 0 Å². The topological polar surface area (TPSA) is 42.0 Å². The lowest BCUT2D eigenvalue weighted by atomic mass is 10.0. The summed E-state index contributed by atoms with van der Waals surface area (Å²) < 4.78 is 12.6. The molecular weight excluding hydrogens is 287 g/mol. The van der Waals surface area contributed by atoms with Crippen LogP contribution >= 0.6 is 15.9 Å². The second-order valence-corrected chi connectivity index (χ2v) is 4.62. The number of nitrogens with one attached hydrogen (secondary N) is 1. The number of aromatic nitrogens is 1. The molecule has 1 heterocycles. The second-order valence-electron chi connectivity index (χ2n) is 3.82. The Kier molecular flexibility index (Phi) is 6.11. The van der Waals surface area contributed by atoms with Gasteiger partial charge in [-0.05, 0) is 24.5 Å². The van der Waals surface area contributed by atoms with E-state index in [0.29, 0.717) is 12.5 Å². The quantitative estimate of drug-likeness (QED) is 0.821. The summed E-state index contributed by atoms with van der Waals surface area (Å²) in [6.07, 6.45) is 3.08. The molecule has 1 unspecified atom stereocenters. The van der Waals surface area contributed by atoms with Gasteiger partial charge in [-0.1, -0.05) is 29.3 Å². The van der Waals surface area contributed by atoms with Crippen LogP contribution in [0.25, 0.3) is 0 Å². The fourth-order valence-corrected chi connectivity index (χ4v) is 2.09. The van der Waals surface area contributed by atoms with Gasteiger partial charge in [0, 0.05) is 11.9 Å². The zero-order valence-electron chi connectivity index (χ0n) is 9.75. The highest BCUT2D eigenvalue weighted by Gasteiger charge is 2.10. The van der Waals surface area contributed by atoms with Crippen LogP contribution in [-0.2, 0) is 0 Å². The van der Waals surface area contributed by atoms with Crippen LogP contribution in [0.1, 0.15) is 30.3 Å². The SMILES string of the molecule is CCC(CCBr)CNC(=O)c1ccc(F)cn1. The van der Waals surface area contributed by atoms with Gasteiger partial charge in [-0.3, -0.25) is 4.79 Å². The first kappa shape index (κ1) is 14.1. The van der Waals surface area contributed by atoms with Gasteiger partial charge in [-0.2, -0.15) is 0 Å². The third kappa shape index (κ3) is 4.81. The summed E-state index contributed by atoms with van der Waals surface area (Å²) >= 11 is 3.38. The van der Waals surface area contributed by atoms with E-state index in [9.17, 15) is 9.18 Å². The Morgan fingerprint density at radius 2 is 2.35 bits per heavy atom. The van der Waals surface area contributed by atoms with Crippen LogP contribution in [0, 0.1) is 11.7 Å². The van der Waals surface area contributed by atoms with Crippen molar-refractivity contribution in [3.8, 4) is 0 Å². The molecule has 3 nitrogen and oxygen atoms in total. The van der Waals surface area contributed by atoms with E-state index in [0.717, 1.165) is 24.4 Å². The van der Waals surface area contributed by atoms with Gasteiger partial charge in [0.15, 0.2) is 0 Å². The molecule has 0 spiro atoms. The number of alkyl halides is 1. The summed E-state index contributed by atoms with van der Waals surface area (Å²) in [6, 6.07) is 2.62. The first-order valence-electron chi connectivity index (χ1n) is 5.63. The van der Waals surface area contributed by atoms with E-state index in [2.05, 4.69) is 33.2 Å². The van der Waals surface area contributed by atoms with Gasteiger partial charge in [0.1, 0.15) is 11.5 Å². The Bertz CT molecular complexity index is 356. The number of pyridine rings is 1. The van der Waals surface area contributed by atoms with E-state index < -0.39 is 5.82 Å². The van der Waals surface area contributed by atoms with Crippen molar-refractivity contribution in [1.82, 2.24) is 10.3 Å². The number of carbonyl (C=O) groups excluding carboxylic acids is 1. The van der Waals surface area contributed by atoms with Gasteiger partial charge in [0.05, 0.1) is 6.20 Å². The third-order valence-electron chi connectivity index (χ3n) is 2.61. The maximum absolute atomic E-state index is 12.6. The summed E-state index contributed by atoms with van der Waals surface area (Å²) in [4.78, 5) is 15.4. The number of rotatable bonds is 6. The smallest absolute Gasteiger partial charge is 0.269 e. The molecule has 1 aromatic heterocycles. The van der Waals surface area contributed by atoms with Gasteiger partial charge in [-0.15, -0.1) is 0 Å². The van der Waals surface area contributed by atoms with Crippen molar-refractivity contribution in [2.45, 2.75) is 19.8 Å². The fourth-order valence-electron chi connectivity index (χ4n) is 1.44. The normalized spacial score (nSPS) is 12.2. The summed E-state index contributed by atoms with van der Waals surface area (Å²) in [7, 11) is 0. The molecule has 1 amide bonds. The zero-order chi connectivity index (χ0) is 12.7. The molecule has 0 aliphatic rings. The molecule has 0 fully saturated rings. The van der Waals surface area contributed by atoms with Crippen LogP contribution < -0.4 is 5.32 Å². The average molecular weight is 303 g/mol. The lowest BCUT2D eigenvalue weighted by molar-refractivity contribution is 0.0941. The predicted octanol–water partition coefficient (Wildman–Crippen LogP) is 2.76. The Morgan fingerprint density at radius 3 is 2.88 bits per heavy atom. The lowest BCUT2D eigenvalue weighted by Gasteiger charge is -2.13. The van der Waals surface area contributed by atoms with Gasteiger partial charge in [0.25, 0.3) is 5.91 Å². The maximum Gasteiger partial charge on any atom is 0.269 e. The van der Waals surface area contributed by atoms with Gasteiger partial charge in [0.2, 0.25) is 0 Å². The molecule has 0 saturated carbocycles. The predicted molar refractivity (Wildman–Crippen MR) is 68.7 cm³/mol. The third-order valence-corrected chi connectivity index (χ3v) is 3.06. The van der Waals surface area contributed by atoms with Crippen LogP contribution in [-0.4, -0.2) is 22.8 Å². The molecule has 1 atom stereocenters. The van der Waals surface area contributed by atoms with E-state index in [4.69, 9.17) is 0 Å². The molecule has 1 rings (SSSR count). The maximum atomic E-state index is 12.6. The minimum absolute atomic E-state index is 0.250. The van der Waals surface area contributed by atoms with Crippen LogP contribution in [0.2, 0.25) is 0 Å². The Hall–Kier alpha value is -0.970. The molecule has 0 aliphatic carbocycles. The number of hydrogen-bond acceptors (Lipinski definition) is 2. The van der Waals surface area contributed by atoms with Crippen LogP contribution in [0.15, 0.2) is 18.3 Å². The van der Waals surface area contributed by atoms with Crippen molar-refractivity contribution in [3.05, 3.63) is 29.8 Å².